The maximum absolute atomic E-state index is 13.2. The highest BCUT2D eigenvalue weighted by Gasteiger charge is 2.29. The van der Waals surface area contributed by atoms with Gasteiger partial charge in [-0.15, -0.1) is 0 Å². The van der Waals surface area contributed by atoms with E-state index < -0.39 is 17.7 Å². The second-order valence-electron chi connectivity index (χ2n) is 3.78. The van der Waals surface area contributed by atoms with Crippen LogP contribution < -0.4 is 0 Å². The Kier molecular flexibility index (Phi) is 2.50. The van der Waals surface area contributed by atoms with E-state index in [4.69, 9.17) is 0 Å². The minimum atomic E-state index is -1.02. The third-order valence-corrected chi connectivity index (χ3v) is 2.85. The molecule has 1 atom stereocenters. The normalized spacial score (nSPS) is 19.1. The predicted octanol–water partition coefficient (Wildman–Crippen LogP) is 3.24. The largest absolute Gasteiger partial charge is 0.227 e. The zero-order valence-electron chi connectivity index (χ0n) is 7.67. The molecule has 0 bridgehead atoms. The van der Waals surface area contributed by atoms with E-state index in [1.807, 2.05) is 0 Å². The van der Waals surface area contributed by atoms with Gasteiger partial charge in [-0.2, -0.15) is 0 Å². The molecule has 1 radical (unpaired) electrons. The van der Waals surface area contributed by atoms with Gasteiger partial charge in [0.25, 0.3) is 0 Å². The highest BCUT2D eigenvalue weighted by Crippen LogP contribution is 2.38. The van der Waals surface area contributed by atoms with Crippen molar-refractivity contribution in [1.82, 2.24) is 0 Å². The minimum absolute atomic E-state index is 0.0370. The van der Waals surface area contributed by atoms with Crippen LogP contribution in [0.1, 0.15) is 30.9 Å². The molecule has 1 unspecified atom stereocenters. The highest BCUT2D eigenvalue weighted by molar-refractivity contribution is 5.21. The van der Waals surface area contributed by atoms with Crippen LogP contribution in [0.4, 0.5) is 8.78 Å². The van der Waals surface area contributed by atoms with E-state index in [1.54, 1.807) is 0 Å². The lowest BCUT2D eigenvalue weighted by Crippen LogP contribution is -2.20. The SMILES string of the molecule is [O]C(c1ccc(F)cc1F)C1CCC1. The summed E-state index contributed by atoms with van der Waals surface area (Å²) in [5.41, 5.74) is 0.108. The van der Waals surface area contributed by atoms with Gasteiger partial charge in [0.1, 0.15) is 17.7 Å². The third kappa shape index (κ3) is 1.64. The van der Waals surface area contributed by atoms with Gasteiger partial charge >= 0.3 is 0 Å². The van der Waals surface area contributed by atoms with Gasteiger partial charge in [0.15, 0.2) is 0 Å². The average molecular weight is 197 g/mol. The number of rotatable bonds is 2. The van der Waals surface area contributed by atoms with Crippen LogP contribution >= 0.6 is 0 Å². The first-order valence-electron chi connectivity index (χ1n) is 4.79. The first kappa shape index (κ1) is 9.59. The summed E-state index contributed by atoms with van der Waals surface area (Å²) >= 11 is 0. The second-order valence-corrected chi connectivity index (χ2v) is 3.78. The topological polar surface area (TPSA) is 19.9 Å². The molecule has 0 aromatic heterocycles. The number of hydrogen-bond donors (Lipinski definition) is 0. The fourth-order valence-electron chi connectivity index (χ4n) is 1.73. The Morgan fingerprint density at radius 2 is 2.00 bits per heavy atom. The van der Waals surface area contributed by atoms with Crippen LogP contribution in [0.25, 0.3) is 0 Å². The summed E-state index contributed by atoms with van der Waals surface area (Å²) in [6.07, 6.45) is 1.76. The molecule has 0 spiro atoms. The zero-order chi connectivity index (χ0) is 10.1. The summed E-state index contributed by atoms with van der Waals surface area (Å²) in [5.74, 6) is -1.31. The molecule has 1 fully saturated rings. The summed E-state index contributed by atoms with van der Waals surface area (Å²) < 4.78 is 25.7. The van der Waals surface area contributed by atoms with Gasteiger partial charge in [0.2, 0.25) is 0 Å². The molecule has 1 aliphatic carbocycles. The first-order valence-corrected chi connectivity index (χ1v) is 4.79. The third-order valence-electron chi connectivity index (χ3n) is 2.85. The molecule has 0 N–H and O–H groups in total. The van der Waals surface area contributed by atoms with Gasteiger partial charge in [-0.05, 0) is 24.8 Å². The van der Waals surface area contributed by atoms with Crippen molar-refractivity contribution >= 4 is 0 Å². The fourth-order valence-corrected chi connectivity index (χ4v) is 1.73. The summed E-state index contributed by atoms with van der Waals surface area (Å²) in [7, 11) is 0. The van der Waals surface area contributed by atoms with E-state index in [0.717, 1.165) is 31.4 Å². The lowest BCUT2D eigenvalue weighted by Gasteiger charge is -2.29. The maximum atomic E-state index is 13.2. The van der Waals surface area contributed by atoms with Crippen LogP contribution in [0.15, 0.2) is 18.2 Å². The average Bonchev–Trinajstić information content (AvgIpc) is 2.00. The Balaban J connectivity index is 2.22. The number of hydrogen-bond acceptors (Lipinski definition) is 0. The fraction of sp³-hybridized carbons (Fsp3) is 0.455. The molecule has 0 aliphatic heterocycles. The van der Waals surface area contributed by atoms with Crippen molar-refractivity contribution in [2.75, 3.05) is 0 Å². The Morgan fingerprint density at radius 3 is 2.50 bits per heavy atom. The van der Waals surface area contributed by atoms with E-state index in [0.29, 0.717) is 0 Å². The lowest BCUT2D eigenvalue weighted by molar-refractivity contribution is -0.0000783. The Hall–Kier alpha value is -0.960. The summed E-state index contributed by atoms with van der Waals surface area (Å²) in [6.45, 7) is 0. The molecule has 0 amide bonds. The quantitative estimate of drug-likeness (QED) is 0.693. The standard InChI is InChI=1S/C11H11F2O/c12-8-4-5-9(10(13)6-8)11(14)7-2-1-3-7/h4-7,11H,1-3H2. The van der Waals surface area contributed by atoms with Gasteiger partial charge in [-0.3, -0.25) is 0 Å². The maximum Gasteiger partial charge on any atom is 0.132 e. The molecule has 75 valence electrons. The van der Waals surface area contributed by atoms with E-state index in [2.05, 4.69) is 0 Å². The first-order chi connectivity index (χ1) is 6.68. The van der Waals surface area contributed by atoms with Crippen molar-refractivity contribution in [2.24, 2.45) is 5.92 Å². The van der Waals surface area contributed by atoms with E-state index in [9.17, 15) is 13.9 Å². The summed E-state index contributed by atoms with van der Waals surface area (Å²) in [4.78, 5) is 0. The van der Waals surface area contributed by atoms with Crippen LogP contribution in [0.2, 0.25) is 0 Å². The van der Waals surface area contributed by atoms with E-state index >= 15 is 0 Å². The van der Waals surface area contributed by atoms with Crippen LogP contribution in [-0.2, 0) is 5.11 Å². The molecular weight excluding hydrogens is 186 g/mol. The number of halogens is 2. The molecule has 1 aromatic carbocycles. The van der Waals surface area contributed by atoms with Crippen LogP contribution in [0.5, 0.6) is 0 Å². The van der Waals surface area contributed by atoms with Crippen molar-refractivity contribution < 1.29 is 13.9 Å². The molecule has 0 heterocycles. The zero-order valence-corrected chi connectivity index (χ0v) is 7.67. The Morgan fingerprint density at radius 1 is 1.29 bits per heavy atom. The number of benzene rings is 1. The summed E-state index contributed by atoms with van der Waals surface area (Å²) in [5, 5.41) is 11.7. The van der Waals surface area contributed by atoms with Gasteiger partial charge in [0.05, 0.1) is 0 Å². The predicted molar refractivity (Wildman–Crippen MR) is 47.1 cm³/mol. The monoisotopic (exact) mass is 197 g/mol. The van der Waals surface area contributed by atoms with Crippen molar-refractivity contribution in [3.8, 4) is 0 Å². The molecule has 1 saturated carbocycles. The minimum Gasteiger partial charge on any atom is -0.227 e. The van der Waals surface area contributed by atoms with Gasteiger partial charge < -0.3 is 0 Å². The molecule has 1 nitrogen and oxygen atoms in total. The van der Waals surface area contributed by atoms with Gasteiger partial charge in [0, 0.05) is 11.6 Å². The van der Waals surface area contributed by atoms with Crippen molar-refractivity contribution in [3.63, 3.8) is 0 Å². The summed E-state index contributed by atoms with van der Waals surface area (Å²) in [6, 6.07) is 3.18. The van der Waals surface area contributed by atoms with E-state index in [1.165, 1.54) is 6.07 Å². The Labute approximate surface area is 81.4 Å². The van der Waals surface area contributed by atoms with Crippen LogP contribution in [-0.4, -0.2) is 0 Å². The molecule has 3 heteroatoms. The van der Waals surface area contributed by atoms with Crippen molar-refractivity contribution in [2.45, 2.75) is 25.4 Å². The highest BCUT2D eigenvalue weighted by atomic mass is 19.1. The van der Waals surface area contributed by atoms with Crippen molar-refractivity contribution in [1.29, 1.82) is 0 Å². The molecule has 2 rings (SSSR count). The van der Waals surface area contributed by atoms with Crippen LogP contribution in [0, 0.1) is 17.6 Å². The molecule has 0 saturated heterocycles. The lowest BCUT2D eigenvalue weighted by atomic mass is 9.79. The second kappa shape index (κ2) is 3.65. The van der Waals surface area contributed by atoms with Crippen molar-refractivity contribution in [3.05, 3.63) is 35.4 Å². The molecule has 1 aliphatic rings. The molecule has 14 heavy (non-hydrogen) atoms. The smallest absolute Gasteiger partial charge is 0.132 e. The van der Waals surface area contributed by atoms with E-state index in [-0.39, 0.29) is 11.5 Å². The molecule has 1 aromatic rings. The van der Waals surface area contributed by atoms with Gasteiger partial charge in [-0.1, -0.05) is 12.5 Å². The van der Waals surface area contributed by atoms with Gasteiger partial charge in [-0.25, -0.2) is 13.9 Å². The van der Waals surface area contributed by atoms with Crippen LogP contribution in [0.3, 0.4) is 0 Å². The molecular formula is C11H11F2O. The Bertz CT molecular complexity index is 334.